The van der Waals surface area contributed by atoms with Gasteiger partial charge in [0.15, 0.2) is 0 Å². The third kappa shape index (κ3) is 3.05. The molecule has 1 aromatic rings. The standard InChI is InChI=1S/C21H26N2O3/c1-14-4-2-3-5-17(14)13-22-8-10-23(11-9-22)20(24)18-15-6-7-16(12-15)19(18)21(25)26/h2-7,15-16,18-19H,8-13H2,1H3,(H,25,26)/t15-,16-,18+,19-/m0/s1. The van der Waals surface area contributed by atoms with Gasteiger partial charge in [0.05, 0.1) is 11.8 Å². The van der Waals surface area contributed by atoms with E-state index in [9.17, 15) is 14.7 Å². The minimum absolute atomic E-state index is 0.0359. The van der Waals surface area contributed by atoms with Gasteiger partial charge in [-0.3, -0.25) is 14.5 Å². The summed E-state index contributed by atoms with van der Waals surface area (Å²) < 4.78 is 0. The molecule has 1 aromatic carbocycles. The second kappa shape index (κ2) is 6.88. The second-order valence-corrected chi connectivity index (χ2v) is 7.87. The summed E-state index contributed by atoms with van der Waals surface area (Å²) in [6.45, 7) is 6.10. The first-order valence-corrected chi connectivity index (χ1v) is 9.51. The monoisotopic (exact) mass is 354 g/mol. The maximum absolute atomic E-state index is 13.0. The molecule has 2 fully saturated rings. The van der Waals surface area contributed by atoms with Crippen LogP contribution in [0.1, 0.15) is 17.5 Å². The number of hydrogen-bond acceptors (Lipinski definition) is 3. The highest BCUT2D eigenvalue weighted by Crippen LogP contribution is 2.48. The number of allylic oxidation sites excluding steroid dienone is 2. The molecule has 5 nitrogen and oxygen atoms in total. The molecule has 1 saturated carbocycles. The number of carboxylic acid groups (broad SMARTS) is 1. The van der Waals surface area contributed by atoms with E-state index in [1.165, 1.54) is 11.1 Å². The quantitative estimate of drug-likeness (QED) is 0.842. The van der Waals surface area contributed by atoms with Gasteiger partial charge in [-0.2, -0.15) is 0 Å². The van der Waals surface area contributed by atoms with Crippen molar-refractivity contribution in [3.8, 4) is 0 Å². The molecular formula is C21H26N2O3. The van der Waals surface area contributed by atoms with Gasteiger partial charge in [0.25, 0.3) is 0 Å². The van der Waals surface area contributed by atoms with Gasteiger partial charge in [-0.25, -0.2) is 0 Å². The molecule has 1 aliphatic heterocycles. The number of piperazine rings is 1. The minimum atomic E-state index is -0.821. The van der Waals surface area contributed by atoms with Gasteiger partial charge in [-0.1, -0.05) is 36.4 Å². The number of nitrogens with zero attached hydrogens (tertiary/aromatic N) is 2. The fraction of sp³-hybridized carbons (Fsp3) is 0.524. The molecule has 1 amide bonds. The molecule has 1 saturated heterocycles. The number of amides is 1. The zero-order valence-electron chi connectivity index (χ0n) is 15.2. The Bertz CT molecular complexity index is 737. The minimum Gasteiger partial charge on any atom is -0.481 e. The summed E-state index contributed by atoms with van der Waals surface area (Å²) in [6, 6.07) is 8.41. The Kier molecular flexibility index (Phi) is 4.57. The van der Waals surface area contributed by atoms with Crippen molar-refractivity contribution in [2.75, 3.05) is 26.2 Å². The number of benzene rings is 1. The predicted octanol–water partition coefficient (Wildman–Crippen LogP) is 2.16. The van der Waals surface area contributed by atoms with Gasteiger partial charge < -0.3 is 10.0 Å². The first kappa shape index (κ1) is 17.3. The largest absolute Gasteiger partial charge is 0.481 e. The average molecular weight is 354 g/mol. The molecular weight excluding hydrogens is 328 g/mol. The van der Waals surface area contributed by atoms with Crippen LogP contribution in [0, 0.1) is 30.6 Å². The lowest BCUT2D eigenvalue weighted by Gasteiger charge is -2.38. The van der Waals surface area contributed by atoms with Crippen LogP contribution >= 0.6 is 0 Å². The summed E-state index contributed by atoms with van der Waals surface area (Å²) in [5, 5.41) is 9.57. The van der Waals surface area contributed by atoms with Gasteiger partial charge in [-0.15, -0.1) is 0 Å². The topological polar surface area (TPSA) is 60.9 Å². The number of aryl methyl sites for hydroxylation is 1. The number of aliphatic carboxylic acids is 1. The maximum Gasteiger partial charge on any atom is 0.307 e. The number of rotatable bonds is 4. The Morgan fingerprint density at radius 3 is 2.35 bits per heavy atom. The summed E-state index contributed by atoms with van der Waals surface area (Å²) in [5.41, 5.74) is 2.63. The fourth-order valence-electron chi connectivity index (χ4n) is 4.86. The molecule has 4 atom stereocenters. The second-order valence-electron chi connectivity index (χ2n) is 7.87. The lowest BCUT2D eigenvalue weighted by atomic mass is 9.82. The van der Waals surface area contributed by atoms with Crippen LogP contribution in [0.5, 0.6) is 0 Å². The molecule has 0 unspecified atom stereocenters. The van der Waals surface area contributed by atoms with E-state index < -0.39 is 11.9 Å². The highest BCUT2D eigenvalue weighted by atomic mass is 16.4. The highest BCUT2D eigenvalue weighted by molar-refractivity contribution is 5.87. The molecule has 4 rings (SSSR count). The Hall–Kier alpha value is -2.14. The zero-order chi connectivity index (χ0) is 18.3. The number of fused-ring (bicyclic) bond motifs is 2. The first-order valence-electron chi connectivity index (χ1n) is 9.51. The van der Waals surface area contributed by atoms with Crippen LogP contribution < -0.4 is 0 Å². The lowest BCUT2D eigenvalue weighted by molar-refractivity contribution is -0.151. The number of carbonyl (C=O) groups excluding carboxylic acids is 1. The molecule has 1 N–H and O–H groups in total. The van der Waals surface area contributed by atoms with Crippen molar-refractivity contribution in [3.63, 3.8) is 0 Å². The van der Waals surface area contributed by atoms with Crippen molar-refractivity contribution in [2.24, 2.45) is 23.7 Å². The molecule has 26 heavy (non-hydrogen) atoms. The van der Waals surface area contributed by atoms with Crippen molar-refractivity contribution in [1.29, 1.82) is 0 Å². The van der Waals surface area contributed by atoms with E-state index >= 15 is 0 Å². The SMILES string of the molecule is Cc1ccccc1CN1CCN(C(=O)[C@H]2[C@@H](C(=O)O)[C@H]3C=C[C@H]2C3)CC1. The van der Waals surface area contributed by atoms with E-state index in [2.05, 4.69) is 42.2 Å². The van der Waals surface area contributed by atoms with Gasteiger partial charge in [0.1, 0.15) is 0 Å². The van der Waals surface area contributed by atoms with Crippen molar-refractivity contribution < 1.29 is 14.7 Å². The third-order valence-electron chi connectivity index (χ3n) is 6.37. The molecule has 0 aromatic heterocycles. The summed E-state index contributed by atoms with van der Waals surface area (Å²) in [7, 11) is 0. The third-order valence-corrected chi connectivity index (χ3v) is 6.37. The zero-order valence-corrected chi connectivity index (χ0v) is 15.2. The Morgan fingerprint density at radius 1 is 1.04 bits per heavy atom. The van der Waals surface area contributed by atoms with Crippen molar-refractivity contribution in [2.45, 2.75) is 19.9 Å². The van der Waals surface area contributed by atoms with Crippen LogP contribution in [0.3, 0.4) is 0 Å². The smallest absolute Gasteiger partial charge is 0.307 e. The van der Waals surface area contributed by atoms with Gasteiger partial charge in [-0.05, 0) is 36.3 Å². The van der Waals surface area contributed by atoms with Gasteiger partial charge >= 0.3 is 5.97 Å². The van der Waals surface area contributed by atoms with Crippen molar-refractivity contribution in [3.05, 3.63) is 47.5 Å². The van der Waals surface area contributed by atoms with E-state index in [0.29, 0.717) is 13.1 Å². The average Bonchev–Trinajstić information content (AvgIpc) is 3.25. The molecule has 138 valence electrons. The summed E-state index contributed by atoms with van der Waals surface area (Å²) >= 11 is 0. The van der Waals surface area contributed by atoms with Gasteiger partial charge in [0.2, 0.25) is 5.91 Å². The molecule has 0 radical (unpaired) electrons. The summed E-state index contributed by atoms with van der Waals surface area (Å²) in [4.78, 5) is 29.0. The Morgan fingerprint density at radius 2 is 1.69 bits per heavy atom. The van der Waals surface area contributed by atoms with E-state index in [1.807, 2.05) is 11.0 Å². The summed E-state index contributed by atoms with van der Waals surface area (Å²) in [6.07, 6.45) is 4.87. The van der Waals surface area contributed by atoms with Crippen molar-refractivity contribution >= 4 is 11.9 Å². The predicted molar refractivity (Wildman–Crippen MR) is 98.4 cm³/mol. The van der Waals surface area contributed by atoms with E-state index in [-0.39, 0.29) is 23.7 Å². The van der Waals surface area contributed by atoms with Crippen LogP contribution in [-0.2, 0) is 16.1 Å². The highest BCUT2D eigenvalue weighted by Gasteiger charge is 2.52. The molecule has 5 heteroatoms. The van der Waals surface area contributed by atoms with Crippen LogP contribution in [0.4, 0.5) is 0 Å². The maximum atomic E-state index is 13.0. The van der Waals surface area contributed by atoms with E-state index in [4.69, 9.17) is 0 Å². The number of hydrogen-bond donors (Lipinski definition) is 1. The van der Waals surface area contributed by atoms with E-state index in [0.717, 1.165) is 26.1 Å². The van der Waals surface area contributed by atoms with Crippen LogP contribution in [0.15, 0.2) is 36.4 Å². The van der Waals surface area contributed by atoms with Gasteiger partial charge in [0, 0.05) is 32.7 Å². The molecule has 1 heterocycles. The molecule has 0 spiro atoms. The van der Waals surface area contributed by atoms with Crippen LogP contribution in [0.25, 0.3) is 0 Å². The summed E-state index contributed by atoms with van der Waals surface area (Å²) in [5.74, 6) is -1.54. The van der Waals surface area contributed by atoms with Crippen molar-refractivity contribution in [1.82, 2.24) is 9.80 Å². The lowest BCUT2D eigenvalue weighted by Crippen LogP contribution is -2.52. The first-order chi connectivity index (χ1) is 12.5. The molecule has 3 aliphatic rings. The van der Waals surface area contributed by atoms with E-state index in [1.54, 1.807) is 0 Å². The molecule has 2 bridgehead atoms. The van der Waals surface area contributed by atoms with Crippen LogP contribution in [0.2, 0.25) is 0 Å². The fourth-order valence-corrected chi connectivity index (χ4v) is 4.86. The Labute approximate surface area is 154 Å². The number of carboxylic acids is 1. The number of carbonyl (C=O) groups is 2. The van der Waals surface area contributed by atoms with Crippen LogP contribution in [-0.4, -0.2) is 53.0 Å². The Balaban J connectivity index is 1.37. The normalized spacial score (nSPS) is 30.7. The molecule has 2 aliphatic carbocycles.